The molecule has 17 heavy (non-hydrogen) atoms. The van der Waals surface area contributed by atoms with Gasteiger partial charge < -0.3 is 5.73 Å². The van der Waals surface area contributed by atoms with Crippen LogP contribution in [0.5, 0.6) is 0 Å². The molecule has 4 heteroatoms. The molecule has 2 aromatic carbocycles. The van der Waals surface area contributed by atoms with Gasteiger partial charge >= 0.3 is 0 Å². The average Bonchev–Trinajstić information content (AvgIpc) is 2.33. The third kappa shape index (κ3) is 2.68. The molecule has 1 atom stereocenters. The predicted octanol–water partition coefficient (Wildman–Crippen LogP) is 4.29. The highest BCUT2D eigenvalue weighted by atomic mass is 79.9. The Morgan fingerprint density at radius 3 is 2.41 bits per heavy atom. The first-order chi connectivity index (χ1) is 8.09. The van der Waals surface area contributed by atoms with E-state index in [0.29, 0.717) is 5.02 Å². The minimum Gasteiger partial charge on any atom is -0.320 e. The highest BCUT2D eigenvalue weighted by Gasteiger charge is 2.13. The van der Waals surface area contributed by atoms with E-state index >= 15 is 0 Å². The summed E-state index contributed by atoms with van der Waals surface area (Å²) in [5, 5.41) is 0.587. The molecular formula is C13H10BrClFN. The Morgan fingerprint density at radius 1 is 1.12 bits per heavy atom. The van der Waals surface area contributed by atoms with Crippen LogP contribution in [0.4, 0.5) is 4.39 Å². The molecule has 0 radical (unpaired) electrons. The molecule has 0 spiro atoms. The summed E-state index contributed by atoms with van der Waals surface area (Å²) in [6, 6.07) is 11.3. The predicted molar refractivity (Wildman–Crippen MR) is 71.6 cm³/mol. The second kappa shape index (κ2) is 5.17. The number of hydrogen-bond acceptors (Lipinski definition) is 1. The molecule has 2 rings (SSSR count). The van der Waals surface area contributed by atoms with E-state index in [-0.39, 0.29) is 11.9 Å². The number of nitrogens with two attached hydrogens (primary N) is 1. The lowest BCUT2D eigenvalue weighted by Gasteiger charge is -2.14. The first kappa shape index (κ1) is 12.6. The van der Waals surface area contributed by atoms with Crippen molar-refractivity contribution >= 4 is 27.5 Å². The number of benzene rings is 2. The molecule has 0 bridgehead atoms. The third-order valence-electron chi connectivity index (χ3n) is 2.55. The van der Waals surface area contributed by atoms with E-state index < -0.39 is 0 Å². The van der Waals surface area contributed by atoms with Crippen LogP contribution >= 0.6 is 27.5 Å². The van der Waals surface area contributed by atoms with E-state index in [2.05, 4.69) is 15.9 Å². The summed E-state index contributed by atoms with van der Waals surface area (Å²) < 4.78 is 13.6. The van der Waals surface area contributed by atoms with Gasteiger partial charge in [-0.1, -0.05) is 35.9 Å². The molecule has 0 aliphatic carbocycles. The minimum absolute atomic E-state index is 0.277. The summed E-state index contributed by atoms with van der Waals surface area (Å²) in [6.07, 6.45) is 0. The molecule has 0 fully saturated rings. The number of rotatable bonds is 2. The Balaban J connectivity index is 2.40. The molecule has 2 N–H and O–H groups in total. The van der Waals surface area contributed by atoms with Crippen molar-refractivity contribution in [1.29, 1.82) is 0 Å². The summed E-state index contributed by atoms with van der Waals surface area (Å²) in [4.78, 5) is 0. The molecule has 0 aliphatic rings. The highest BCUT2D eigenvalue weighted by molar-refractivity contribution is 9.10. The third-order valence-corrected chi connectivity index (χ3v) is 3.86. The first-order valence-corrected chi connectivity index (χ1v) is 6.21. The van der Waals surface area contributed by atoms with Gasteiger partial charge in [0.25, 0.3) is 0 Å². The highest BCUT2D eigenvalue weighted by Crippen LogP contribution is 2.32. The standard InChI is InChI=1S/C13H10BrClFN/c14-11-3-1-2-10(12(11)15)13(17)8-4-6-9(16)7-5-8/h1-7,13H,17H2. The van der Waals surface area contributed by atoms with Gasteiger partial charge in [-0.05, 0) is 45.3 Å². The summed E-state index contributed by atoms with van der Waals surface area (Å²) in [7, 11) is 0. The van der Waals surface area contributed by atoms with E-state index in [1.54, 1.807) is 12.1 Å². The minimum atomic E-state index is -0.361. The van der Waals surface area contributed by atoms with Crippen LogP contribution in [-0.4, -0.2) is 0 Å². The average molecular weight is 315 g/mol. The van der Waals surface area contributed by atoms with Gasteiger partial charge in [0.15, 0.2) is 0 Å². The summed E-state index contributed by atoms with van der Waals surface area (Å²) in [5.41, 5.74) is 7.75. The van der Waals surface area contributed by atoms with Crippen LogP contribution in [0.15, 0.2) is 46.9 Å². The zero-order valence-corrected chi connectivity index (χ0v) is 11.2. The SMILES string of the molecule is NC(c1ccc(F)cc1)c1cccc(Br)c1Cl. The van der Waals surface area contributed by atoms with Gasteiger partial charge in [0.2, 0.25) is 0 Å². The molecule has 0 saturated carbocycles. The van der Waals surface area contributed by atoms with Crippen molar-refractivity contribution in [2.24, 2.45) is 5.73 Å². The number of hydrogen-bond donors (Lipinski definition) is 1. The lowest BCUT2D eigenvalue weighted by atomic mass is 10.00. The topological polar surface area (TPSA) is 26.0 Å². The maximum Gasteiger partial charge on any atom is 0.123 e. The van der Waals surface area contributed by atoms with Gasteiger partial charge in [-0.25, -0.2) is 4.39 Å². The molecule has 88 valence electrons. The van der Waals surface area contributed by atoms with Crippen molar-refractivity contribution in [2.45, 2.75) is 6.04 Å². The molecule has 0 heterocycles. The van der Waals surface area contributed by atoms with Gasteiger partial charge in [0, 0.05) is 4.47 Å². The molecule has 0 saturated heterocycles. The van der Waals surface area contributed by atoms with E-state index in [1.807, 2.05) is 18.2 Å². The summed E-state index contributed by atoms with van der Waals surface area (Å²) in [5.74, 6) is -0.277. The van der Waals surface area contributed by atoms with Gasteiger partial charge in [-0.3, -0.25) is 0 Å². The van der Waals surface area contributed by atoms with Crippen LogP contribution in [0.25, 0.3) is 0 Å². The maximum atomic E-state index is 12.8. The molecule has 0 aliphatic heterocycles. The normalized spacial score (nSPS) is 12.5. The van der Waals surface area contributed by atoms with Gasteiger partial charge in [0.1, 0.15) is 5.82 Å². The fourth-order valence-corrected chi connectivity index (χ4v) is 2.24. The Morgan fingerprint density at radius 2 is 1.76 bits per heavy atom. The second-order valence-corrected chi connectivity index (χ2v) is 4.90. The molecule has 2 aromatic rings. The quantitative estimate of drug-likeness (QED) is 0.879. The van der Waals surface area contributed by atoms with Crippen LogP contribution in [0, 0.1) is 5.82 Å². The molecule has 1 nitrogen and oxygen atoms in total. The zero-order valence-electron chi connectivity index (χ0n) is 8.83. The second-order valence-electron chi connectivity index (χ2n) is 3.67. The molecule has 1 unspecified atom stereocenters. The van der Waals surface area contributed by atoms with Gasteiger partial charge in [-0.2, -0.15) is 0 Å². The van der Waals surface area contributed by atoms with Crippen molar-refractivity contribution in [2.75, 3.05) is 0 Å². The van der Waals surface area contributed by atoms with E-state index in [4.69, 9.17) is 17.3 Å². The molecule has 0 amide bonds. The molecular weight excluding hydrogens is 305 g/mol. The van der Waals surface area contributed by atoms with Crippen molar-refractivity contribution in [3.8, 4) is 0 Å². The van der Waals surface area contributed by atoms with Crippen molar-refractivity contribution in [3.05, 3.63) is 68.9 Å². The smallest absolute Gasteiger partial charge is 0.123 e. The Kier molecular flexibility index (Phi) is 3.82. The maximum absolute atomic E-state index is 12.8. The van der Waals surface area contributed by atoms with Crippen LogP contribution in [0.3, 0.4) is 0 Å². The lowest BCUT2D eigenvalue weighted by molar-refractivity contribution is 0.626. The van der Waals surface area contributed by atoms with Crippen molar-refractivity contribution < 1.29 is 4.39 Å². The Labute approximate surface area is 113 Å². The lowest BCUT2D eigenvalue weighted by Crippen LogP contribution is -2.12. The van der Waals surface area contributed by atoms with Crippen LogP contribution in [0.2, 0.25) is 5.02 Å². The largest absolute Gasteiger partial charge is 0.320 e. The fraction of sp³-hybridized carbons (Fsp3) is 0.0769. The van der Waals surface area contributed by atoms with Crippen LogP contribution < -0.4 is 5.73 Å². The number of halogens is 3. The van der Waals surface area contributed by atoms with E-state index in [9.17, 15) is 4.39 Å². The fourth-order valence-electron chi connectivity index (χ4n) is 1.61. The van der Waals surface area contributed by atoms with Crippen molar-refractivity contribution in [3.63, 3.8) is 0 Å². The monoisotopic (exact) mass is 313 g/mol. The van der Waals surface area contributed by atoms with Gasteiger partial charge in [0.05, 0.1) is 11.1 Å². The van der Waals surface area contributed by atoms with E-state index in [1.165, 1.54) is 12.1 Å². The summed E-state index contributed by atoms with van der Waals surface area (Å²) >= 11 is 9.52. The zero-order chi connectivity index (χ0) is 12.4. The first-order valence-electron chi connectivity index (χ1n) is 5.04. The summed E-state index contributed by atoms with van der Waals surface area (Å²) in [6.45, 7) is 0. The van der Waals surface area contributed by atoms with Crippen LogP contribution in [0.1, 0.15) is 17.2 Å². The Hall–Kier alpha value is -0.900. The Bertz CT molecular complexity index is 527. The van der Waals surface area contributed by atoms with Gasteiger partial charge in [-0.15, -0.1) is 0 Å². The van der Waals surface area contributed by atoms with Crippen molar-refractivity contribution in [1.82, 2.24) is 0 Å². The molecule has 0 aromatic heterocycles. The van der Waals surface area contributed by atoms with Crippen LogP contribution in [-0.2, 0) is 0 Å². The van der Waals surface area contributed by atoms with E-state index in [0.717, 1.165) is 15.6 Å².